The number of carbonyl (C=O) groups excluding carboxylic acids is 2. The lowest BCUT2D eigenvalue weighted by molar-refractivity contribution is 0.0686. The van der Waals surface area contributed by atoms with Gasteiger partial charge < -0.3 is 19.5 Å². The van der Waals surface area contributed by atoms with Crippen LogP contribution in [0.15, 0.2) is 77.7 Å². The van der Waals surface area contributed by atoms with Crippen LogP contribution in [-0.2, 0) is 11.1 Å². The van der Waals surface area contributed by atoms with Gasteiger partial charge in [-0.3, -0.25) is 9.59 Å². The summed E-state index contributed by atoms with van der Waals surface area (Å²) in [5, 5.41) is 30.5. The van der Waals surface area contributed by atoms with E-state index in [9.17, 15) is 38.7 Å². The Bertz CT molecular complexity index is 1690. The zero-order valence-corrected chi connectivity index (χ0v) is 19.5. The van der Waals surface area contributed by atoms with Gasteiger partial charge in [-0.1, -0.05) is 30.3 Å². The maximum atomic E-state index is 13.3. The van der Waals surface area contributed by atoms with Crippen molar-refractivity contribution in [1.29, 1.82) is 0 Å². The molecule has 9 nitrogen and oxygen atoms in total. The summed E-state index contributed by atoms with van der Waals surface area (Å²) in [6.07, 6.45) is 0. The second-order valence-corrected chi connectivity index (χ2v) is 9.29. The molecule has 0 saturated carbocycles. The molecule has 4 aromatic rings. The number of hydrogen-bond acceptors (Lipinski definition) is 7. The van der Waals surface area contributed by atoms with Gasteiger partial charge in [-0.15, -0.1) is 0 Å². The molecule has 1 aliphatic rings. The first-order chi connectivity index (χ1) is 17.7. The highest BCUT2D eigenvalue weighted by Gasteiger charge is 2.42. The SMILES string of the molecule is O=C(O)c1cccc(OS(=O)c2c(O)c(C3C(=O)c4ccc(C(=O)O)cc4C3=O)cc3ccccc23)c1. The number of aromatic hydroxyl groups is 1. The Balaban J connectivity index is 1.63. The number of phenolic OH excluding ortho intramolecular Hbond substituents is 1. The van der Waals surface area contributed by atoms with Gasteiger partial charge in [-0.25, -0.2) is 13.8 Å². The minimum atomic E-state index is -2.38. The van der Waals surface area contributed by atoms with Crippen LogP contribution in [0.5, 0.6) is 11.5 Å². The Kier molecular flexibility index (Phi) is 5.81. The average molecular weight is 516 g/mol. The van der Waals surface area contributed by atoms with Gasteiger partial charge in [0.25, 0.3) is 0 Å². The Labute approximate surface area is 211 Å². The summed E-state index contributed by atoms with van der Waals surface area (Å²) >= 11 is -2.38. The van der Waals surface area contributed by atoms with Gasteiger partial charge in [0.1, 0.15) is 22.3 Å². The summed E-state index contributed by atoms with van der Waals surface area (Å²) in [6.45, 7) is 0. The van der Waals surface area contributed by atoms with E-state index in [-0.39, 0.29) is 38.5 Å². The molecule has 2 atom stereocenters. The molecule has 37 heavy (non-hydrogen) atoms. The summed E-state index contributed by atoms with van der Waals surface area (Å²) < 4.78 is 18.8. The molecule has 1 aliphatic carbocycles. The standard InChI is InChI=1S/C27H16O9S/c28-22-18-9-8-15(27(33)34)12-19(18)23(29)21(22)20-11-13-4-1-2-7-17(13)25(24(20)30)37(35)36-16-6-3-5-14(10-16)26(31)32/h1-12,21,30H,(H,31,32)(H,33,34). The third kappa shape index (κ3) is 4.03. The van der Waals surface area contributed by atoms with Crippen LogP contribution >= 0.6 is 0 Å². The second kappa shape index (κ2) is 8.99. The van der Waals surface area contributed by atoms with Crippen molar-refractivity contribution in [1.82, 2.24) is 0 Å². The van der Waals surface area contributed by atoms with E-state index in [2.05, 4.69) is 0 Å². The highest BCUT2D eigenvalue weighted by Crippen LogP contribution is 2.43. The number of aromatic carboxylic acids is 2. The van der Waals surface area contributed by atoms with Gasteiger partial charge >= 0.3 is 11.9 Å². The van der Waals surface area contributed by atoms with Crippen molar-refractivity contribution in [3.63, 3.8) is 0 Å². The molecule has 0 spiro atoms. The maximum Gasteiger partial charge on any atom is 0.335 e. The van der Waals surface area contributed by atoms with E-state index in [1.54, 1.807) is 24.3 Å². The first-order valence-corrected chi connectivity index (χ1v) is 11.9. The third-order valence-electron chi connectivity index (χ3n) is 6.06. The number of fused-ring (bicyclic) bond motifs is 2. The molecule has 184 valence electrons. The zero-order chi connectivity index (χ0) is 26.4. The molecule has 0 aromatic heterocycles. The number of carboxylic acid groups (broad SMARTS) is 2. The smallest absolute Gasteiger partial charge is 0.335 e. The van der Waals surface area contributed by atoms with E-state index < -0.39 is 46.3 Å². The Morgan fingerprint density at radius 1 is 0.784 bits per heavy atom. The van der Waals surface area contributed by atoms with Crippen molar-refractivity contribution in [3.05, 3.63) is 101 Å². The van der Waals surface area contributed by atoms with Crippen molar-refractivity contribution in [2.75, 3.05) is 0 Å². The van der Waals surface area contributed by atoms with E-state index in [4.69, 9.17) is 4.18 Å². The molecule has 0 saturated heterocycles. The fraction of sp³-hybridized carbons (Fsp3) is 0.0370. The molecular weight excluding hydrogens is 500 g/mol. The quantitative estimate of drug-likeness (QED) is 0.320. The van der Waals surface area contributed by atoms with Crippen molar-refractivity contribution < 1.29 is 42.9 Å². The molecule has 2 unspecified atom stereocenters. The Hall–Kier alpha value is -4.83. The van der Waals surface area contributed by atoms with Crippen LogP contribution in [0.3, 0.4) is 0 Å². The Morgan fingerprint density at radius 3 is 2.19 bits per heavy atom. The number of ketones is 2. The predicted molar refractivity (Wildman–Crippen MR) is 131 cm³/mol. The number of carboxylic acids is 2. The van der Waals surface area contributed by atoms with Crippen LogP contribution < -0.4 is 4.18 Å². The van der Waals surface area contributed by atoms with Crippen LogP contribution in [0.4, 0.5) is 0 Å². The molecular formula is C27H16O9S. The molecule has 3 N–H and O–H groups in total. The van der Waals surface area contributed by atoms with E-state index >= 15 is 0 Å². The van der Waals surface area contributed by atoms with Crippen LogP contribution in [-0.4, -0.2) is 43.0 Å². The summed E-state index contributed by atoms with van der Waals surface area (Å²) in [4.78, 5) is 48.9. The first kappa shape index (κ1) is 23.9. The maximum absolute atomic E-state index is 13.3. The van der Waals surface area contributed by atoms with Crippen LogP contribution in [0.1, 0.15) is 52.9 Å². The summed E-state index contributed by atoms with van der Waals surface area (Å²) in [7, 11) is 0. The number of benzene rings is 4. The number of carbonyl (C=O) groups is 4. The summed E-state index contributed by atoms with van der Waals surface area (Å²) in [5.74, 6) is -5.90. The molecule has 0 heterocycles. The molecule has 0 bridgehead atoms. The zero-order valence-electron chi connectivity index (χ0n) is 18.7. The lowest BCUT2D eigenvalue weighted by Crippen LogP contribution is -2.14. The molecule has 0 aliphatic heterocycles. The van der Waals surface area contributed by atoms with E-state index in [1.807, 2.05) is 0 Å². The van der Waals surface area contributed by atoms with Crippen LogP contribution in [0.2, 0.25) is 0 Å². The molecule has 0 radical (unpaired) electrons. The minimum Gasteiger partial charge on any atom is -0.506 e. The van der Waals surface area contributed by atoms with Gasteiger partial charge in [-0.05, 0) is 47.9 Å². The average Bonchev–Trinajstić information content (AvgIpc) is 3.12. The van der Waals surface area contributed by atoms with Gasteiger partial charge in [-0.2, -0.15) is 0 Å². The number of hydrogen-bond donors (Lipinski definition) is 3. The molecule has 4 aromatic carbocycles. The largest absolute Gasteiger partial charge is 0.506 e. The molecule has 0 amide bonds. The van der Waals surface area contributed by atoms with E-state index in [0.29, 0.717) is 10.8 Å². The van der Waals surface area contributed by atoms with Gasteiger partial charge in [0.15, 0.2) is 11.6 Å². The van der Waals surface area contributed by atoms with E-state index in [1.165, 1.54) is 42.5 Å². The molecule has 0 fully saturated rings. The normalized spacial score (nSPS) is 15.4. The van der Waals surface area contributed by atoms with Crippen molar-refractivity contribution in [2.45, 2.75) is 10.8 Å². The number of phenols is 1. The van der Waals surface area contributed by atoms with Crippen molar-refractivity contribution >= 4 is 45.4 Å². The van der Waals surface area contributed by atoms with Crippen molar-refractivity contribution in [3.8, 4) is 11.5 Å². The highest BCUT2D eigenvalue weighted by molar-refractivity contribution is 7.81. The molecule has 5 rings (SSSR count). The fourth-order valence-corrected chi connectivity index (χ4v) is 5.33. The second-order valence-electron chi connectivity index (χ2n) is 8.24. The predicted octanol–water partition coefficient (Wildman–Crippen LogP) is 4.21. The minimum absolute atomic E-state index is 0.0250. The lowest BCUT2D eigenvalue weighted by atomic mass is 9.91. The van der Waals surface area contributed by atoms with Gasteiger partial charge in [0, 0.05) is 22.1 Å². The lowest BCUT2D eigenvalue weighted by Gasteiger charge is -2.16. The summed E-state index contributed by atoms with van der Waals surface area (Å²) in [5.41, 5.74) is -0.420. The Morgan fingerprint density at radius 2 is 1.46 bits per heavy atom. The number of rotatable bonds is 6. The molecule has 10 heteroatoms. The number of Topliss-reactive ketones (excluding diaryl/α,β-unsaturated/α-hetero) is 2. The van der Waals surface area contributed by atoms with Crippen molar-refractivity contribution in [2.24, 2.45) is 0 Å². The monoisotopic (exact) mass is 516 g/mol. The van der Waals surface area contributed by atoms with Gasteiger partial charge in [0.2, 0.25) is 11.1 Å². The third-order valence-corrected chi connectivity index (χ3v) is 7.15. The summed E-state index contributed by atoms with van der Waals surface area (Å²) in [6, 6.07) is 16.9. The first-order valence-electron chi connectivity index (χ1n) is 10.8. The van der Waals surface area contributed by atoms with E-state index in [0.717, 1.165) is 6.07 Å². The van der Waals surface area contributed by atoms with Gasteiger partial charge in [0.05, 0.1) is 11.1 Å². The topological polar surface area (TPSA) is 155 Å². The fourth-order valence-electron chi connectivity index (χ4n) is 4.33. The van der Waals surface area contributed by atoms with Crippen LogP contribution in [0.25, 0.3) is 10.8 Å². The highest BCUT2D eigenvalue weighted by atomic mass is 32.2. The van der Waals surface area contributed by atoms with Crippen LogP contribution in [0, 0.1) is 0 Å².